The normalized spacial score (nSPS) is 16.2. The third kappa shape index (κ3) is 4.22. The summed E-state index contributed by atoms with van der Waals surface area (Å²) in [5.41, 5.74) is 7.39. The number of methoxy groups -OCH3 is 1. The monoisotopic (exact) mass is 264 g/mol. The van der Waals surface area contributed by atoms with Crippen molar-refractivity contribution in [2.75, 3.05) is 20.7 Å². The zero-order chi connectivity index (χ0) is 14.4. The molecule has 0 amide bonds. The number of nitrogens with two attached hydrogens (primary N) is 1. The van der Waals surface area contributed by atoms with Crippen molar-refractivity contribution in [2.24, 2.45) is 11.7 Å². The molecule has 3 unspecified atom stereocenters. The van der Waals surface area contributed by atoms with Crippen molar-refractivity contribution in [2.45, 2.75) is 39.3 Å². The van der Waals surface area contributed by atoms with E-state index in [1.165, 1.54) is 12.0 Å². The van der Waals surface area contributed by atoms with Crippen LogP contribution in [0, 0.1) is 5.92 Å². The van der Waals surface area contributed by atoms with Gasteiger partial charge < -0.3 is 10.5 Å². The Morgan fingerprint density at radius 2 is 1.89 bits per heavy atom. The van der Waals surface area contributed by atoms with E-state index < -0.39 is 0 Å². The van der Waals surface area contributed by atoms with E-state index >= 15 is 0 Å². The van der Waals surface area contributed by atoms with Gasteiger partial charge in [-0.05, 0) is 26.0 Å². The van der Waals surface area contributed by atoms with Gasteiger partial charge in [-0.1, -0.05) is 38.5 Å². The summed E-state index contributed by atoms with van der Waals surface area (Å²) in [6.45, 7) is 7.60. The van der Waals surface area contributed by atoms with Crippen LogP contribution < -0.4 is 10.5 Å². The van der Waals surface area contributed by atoms with E-state index in [0.717, 1.165) is 12.3 Å². The quantitative estimate of drug-likeness (QED) is 0.822. The molecule has 0 aliphatic heterocycles. The van der Waals surface area contributed by atoms with E-state index in [0.29, 0.717) is 5.92 Å². The molecule has 108 valence electrons. The van der Waals surface area contributed by atoms with Gasteiger partial charge in [-0.2, -0.15) is 0 Å². The topological polar surface area (TPSA) is 38.5 Å². The highest BCUT2D eigenvalue weighted by Gasteiger charge is 2.24. The lowest BCUT2D eigenvalue weighted by molar-refractivity contribution is 0.186. The number of likely N-dealkylation sites (N-methyl/N-ethyl adjacent to an activating group) is 1. The Balaban J connectivity index is 2.99. The number of nitrogens with zero attached hydrogens (tertiary/aromatic N) is 1. The minimum atomic E-state index is 0.0605. The van der Waals surface area contributed by atoms with Crippen molar-refractivity contribution in [3.05, 3.63) is 29.8 Å². The molecule has 3 nitrogen and oxygen atoms in total. The maximum atomic E-state index is 6.21. The van der Waals surface area contributed by atoms with Gasteiger partial charge in [0, 0.05) is 18.2 Å². The first-order valence-electron chi connectivity index (χ1n) is 7.10. The molecule has 0 aliphatic rings. The summed E-state index contributed by atoms with van der Waals surface area (Å²) in [6, 6.07) is 8.40. The molecule has 0 spiro atoms. The minimum Gasteiger partial charge on any atom is -0.496 e. The van der Waals surface area contributed by atoms with Crippen LogP contribution in [0.3, 0.4) is 0 Å². The Morgan fingerprint density at radius 3 is 2.42 bits per heavy atom. The standard InChI is InChI=1S/C16H28N2O/c1-6-12(2)11-18(4)16(13(3)17)14-9-7-8-10-15(14)19-5/h7-10,12-13,16H,6,11,17H2,1-5H3. The highest BCUT2D eigenvalue weighted by molar-refractivity contribution is 5.36. The SMILES string of the molecule is CCC(C)CN(C)C(c1ccccc1OC)C(C)N. The smallest absolute Gasteiger partial charge is 0.123 e. The van der Waals surface area contributed by atoms with Crippen molar-refractivity contribution < 1.29 is 4.74 Å². The molecule has 0 radical (unpaired) electrons. The molecule has 19 heavy (non-hydrogen) atoms. The third-order valence-corrected chi connectivity index (χ3v) is 3.73. The Kier molecular flexibility index (Phi) is 6.32. The van der Waals surface area contributed by atoms with Crippen LogP contribution in [0.25, 0.3) is 0 Å². The van der Waals surface area contributed by atoms with E-state index in [2.05, 4.69) is 38.8 Å². The molecule has 1 rings (SSSR count). The molecule has 3 atom stereocenters. The molecule has 0 aliphatic carbocycles. The number of para-hydroxylation sites is 1. The first kappa shape index (κ1) is 16.0. The first-order valence-corrected chi connectivity index (χ1v) is 7.10. The van der Waals surface area contributed by atoms with E-state index in [1.807, 2.05) is 18.2 Å². The van der Waals surface area contributed by atoms with Gasteiger partial charge in [0.15, 0.2) is 0 Å². The first-order chi connectivity index (χ1) is 9.01. The van der Waals surface area contributed by atoms with Crippen LogP contribution in [-0.2, 0) is 0 Å². The lowest BCUT2D eigenvalue weighted by Gasteiger charge is -2.33. The summed E-state index contributed by atoms with van der Waals surface area (Å²) >= 11 is 0. The molecule has 0 saturated heterocycles. The molecule has 1 aromatic carbocycles. The van der Waals surface area contributed by atoms with Gasteiger partial charge >= 0.3 is 0 Å². The Labute approximate surface area is 117 Å². The highest BCUT2D eigenvalue weighted by Crippen LogP contribution is 2.30. The molecule has 0 aromatic heterocycles. The molecular weight excluding hydrogens is 236 g/mol. The molecule has 3 heteroatoms. The fourth-order valence-corrected chi connectivity index (χ4v) is 2.57. The lowest BCUT2D eigenvalue weighted by atomic mass is 9.97. The lowest BCUT2D eigenvalue weighted by Crippen LogP contribution is -2.39. The zero-order valence-electron chi connectivity index (χ0n) is 12.9. The Hall–Kier alpha value is -1.06. The van der Waals surface area contributed by atoms with E-state index in [9.17, 15) is 0 Å². The molecular formula is C16H28N2O. The molecule has 0 bridgehead atoms. The molecule has 2 N–H and O–H groups in total. The number of hydrogen-bond donors (Lipinski definition) is 1. The van der Waals surface area contributed by atoms with Gasteiger partial charge in [-0.15, -0.1) is 0 Å². The molecule has 0 saturated carbocycles. The van der Waals surface area contributed by atoms with Crippen LogP contribution in [0.4, 0.5) is 0 Å². The van der Waals surface area contributed by atoms with Crippen molar-refractivity contribution in [1.82, 2.24) is 4.90 Å². The van der Waals surface area contributed by atoms with Crippen LogP contribution >= 0.6 is 0 Å². The van der Waals surface area contributed by atoms with Crippen LogP contribution in [0.5, 0.6) is 5.75 Å². The van der Waals surface area contributed by atoms with Crippen molar-refractivity contribution in [3.8, 4) is 5.75 Å². The summed E-state index contributed by atoms with van der Waals surface area (Å²) in [4.78, 5) is 2.34. The fraction of sp³-hybridized carbons (Fsp3) is 0.625. The second-order valence-electron chi connectivity index (χ2n) is 5.50. The summed E-state index contributed by atoms with van der Waals surface area (Å²) in [5.74, 6) is 1.58. The third-order valence-electron chi connectivity index (χ3n) is 3.73. The number of benzene rings is 1. The average molecular weight is 264 g/mol. The number of rotatable bonds is 7. The van der Waals surface area contributed by atoms with E-state index in [4.69, 9.17) is 10.5 Å². The summed E-state index contributed by atoms with van der Waals surface area (Å²) in [7, 11) is 3.86. The molecule has 0 fully saturated rings. The second kappa shape index (κ2) is 7.51. The zero-order valence-corrected chi connectivity index (χ0v) is 12.9. The van der Waals surface area contributed by atoms with Crippen LogP contribution in [-0.4, -0.2) is 31.6 Å². The molecule has 0 heterocycles. The van der Waals surface area contributed by atoms with Crippen molar-refractivity contribution in [3.63, 3.8) is 0 Å². The van der Waals surface area contributed by atoms with E-state index in [-0.39, 0.29) is 12.1 Å². The van der Waals surface area contributed by atoms with Crippen molar-refractivity contribution >= 4 is 0 Å². The molecule has 1 aromatic rings. The summed E-state index contributed by atoms with van der Waals surface area (Å²) in [6.07, 6.45) is 1.18. The highest BCUT2D eigenvalue weighted by atomic mass is 16.5. The Morgan fingerprint density at radius 1 is 1.26 bits per heavy atom. The summed E-state index contributed by atoms with van der Waals surface area (Å²) in [5, 5.41) is 0. The van der Waals surface area contributed by atoms with Crippen LogP contribution in [0.1, 0.15) is 38.8 Å². The average Bonchev–Trinajstić information content (AvgIpc) is 2.38. The van der Waals surface area contributed by atoms with Gasteiger partial charge in [-0.3, -0.25) is 4.90 Å². The summed E-state index contributed by atoms with van der Waals surface area (Å²) < 4.78 is 5.48. The Bertz CT molecular complexity index is 379. The van der Waals surface area contributed by atoms with Gasteiger partial charge in [0.2, 0.25) is 0 Å². The van der Waals surface area contributed by atoms with Gasteiger partial charge in [0.25, 0.3) is 0 Å². The van der Waals surface area contributed by atoms with Crippen molar-refractivity contribution in [1.29, 1.82) is 0 Å². The van der Waals surface area contributed by atoms with Gasteiger partial charge in [0.05, 0.1) is 13.2 Å². The van der Waals surface area contributed by atoms with Crippen LogP contribution in [0.15, 0.2) is 24.3 Å². The second-order valence-corrected chi connectivity index (χ2v) is 5.50. The maximum absolute atomic E-state index is 6.21. The predicted octanol–water partition coefficient (Wildman–Crippen LogP) is 3.06. The number of ether oxygens (including phenoxy) is 1. The predicted molar refractivity (Wildman–Crippen MR) is 81.5 cm³/mol. The maximum Gasteiger partial charge on any atom is 0.123 e. The minimum absolute atomic E-state index is 0.0605. The number of hydrogen-bond acceptors (Lipinski definition) is 3. The van der Waals surface area contributed by atoms with E-state index in [1.54, 1.807) is 7.11 Å². The van der Waals surface area contributed by atoms with Gasteiger partial charge in [-0.25, -0.2) is 0 Å². The van der Waals surface area contributed by atoms with Crippen LogP contribution in [0.2, 0.25) is 0 Å². The van der Waals surface area contributed by atoms with Gasteiger partial charge in [0.1, 0.15) is 5.75 Å². The fourth-order valence-electron chi connectivity index (χ4n) is 2.57. The largest absolute Gasteiger partial charge is 0.496 e.